The van der Waals surface area contributed by atoms with Crippen LogP contribution in [0.5, 0.6) is 0 Å². The number of fused-ring (bicyclic) bond motifs is 1. The number of hydrogen-bond donors (Lipinski definition) is 2. The van der Waals surface area contributed by atoms with Crippen LogP contribution in [0, 0.1) is 11.3 Å². The molecule has 30 heavy (non-hydrogen) atoms. The summed E-state index contributed by atoms with van der Waals surface area (Å²) in [5, 5.41) is 13.3. The Morgan fingerprint density at radius 1 is 0.967 bits per heavy atom. The van der Waals surface area contributed by atoms with Gasteiger partial charge >= 0.3 is 0 Å². The zero-order valence-electron chi connectivity index (χ0n) is 18.0. The summed E-state index contributed by atoms with van der Waals surface area (Å²) in [5.74, 6) is 2.37. The normalized spacial score (nSPS) is 21.6. The highest BCUT2D eigenvalue weighted by Crippen LogP contribution is 2.22. The lowest BCUT2D eigenvalue weighted by atomic mass is 9.96. The molecule has 0 aliphatic carbocycles. The molecule has 0 atom stereocenters. The second kappa shape index (κ2) is 8.94. The first-order valence-corrected chi connectivity index (χ1v) is 11.8. The van der Waals surface area contributed by atoms with E-state index in [4.69, 9.17) is 10.4 Å². The molecule has 0 bridgehead atoms. The van der Waals surface area contributed by atoms with Crippen LogP contribution in [0.25, 0.3) is 11.0 Å². The Kier molecular flexibility index (Phi) is 5.91. The minimum absolute atomic E-state index is 0.436. The first-order valence-electron chi connectivity index (χ1n) is 11.8. The Balaban J connectivity index is 1.22. The van der Waals surface area contributed by atoms with Crippen molar-refractivity contribution in [2.24, 2.45) is 5.92 Å². The largest absolute Gasteiger partial charge is 0.357 e. The van der Waals surface area contributed by atoms with Gasteiger partial charge in [0.15, 0.2) is 0 Å². The summed E-state index contributed by atoms with van der Waals surface area (Å²) in [6.45, 7) is 10.5. The van der Waals surface area contributed by atoms with Gasteiger partial charge in [0, 0.05) is 56.8 Å². The zero-order chi connectivity index (χ0) is 20.3. The van der Waals surface area contributed by atoms with Crippen molar-refractivity contribution in [1.82, 2.24) is 24.7 Å². The fourth-order valence-corrected chi connectivity index (χ4v) is 5.19. The Morgan fingerprint density at radius 2 is 1.73 bits per heavy atom. The molecule has 3 aliphatic heterocycles. The summed E-state index contributed by atoms with van der Waals surface area (Å²) < 4.78 is 2.32. The van der Waals surface area contributed by atoms with E-state index >= 15 is 0 Å². The van der Waals surface area contributed by atoms with Gasteiger partial charge in [0.2, 0.25) is 0 Å². The van der Waals surface area contributed by atoms with Gasteiger partial charge in [-0.2, -0.15) is 0 Å². The van der Waals surface area contributed by atoms with Crippen LogP contribution in [0.3, 0.4) is 0 Å². The zero-order valence-corrected chi connectivity index (χ0v) is 18.0. The van der Waals surface area contributed by atoms with E-state index < -0.39 is 0 Å². The van der Waals surface area contributed by atoms with Gasteiger partial charge in [-0.3, -0.25) is 5.41 Å². The SMILES string of the molecule is N=C(C1CCNCC1)N1CCN(c2ccc3ccn(CCN4CCCC4)c3n2)CC1. The molecule has 0 radical (unpaired) electrons. The standard InChI is InChI=1S/C23H35N7/c24-22(19-5-8-25-9-6-19)29-17-15-28(16-18-29)21-4-3-20-7-12-30(23(20)26-21)14-13-27-10-1-2-11-27/h3-4,7,12,19,24-25H,1-2,5-6,8-11,13-18H2. The highest BCUT2D eigenvalue weighted by atomic mass is 15.3. The van der Waals surface area contributed by atoms with Crippen LogP contribution < -0.4 is 10.2 Å². The number of aromatic nitrogens is 2. The van der Waals surface area contributed by atoms with Gasteiger partial charge in [-0.05, 0) is 70.1 Å². The molecule has 5 heterocycles. The van der Waals surface area contributed by atoms with Crippen LogP contribution in [0.2, 0.25) is 0 Å². The van der Waals surface area contributed by atoms with Gasteiger partial charge in [-0.15, -0.1) is 0 Å². The van der Waals surface area contributed by atoms with E-state index in [9.17, 15) is 0 Å². The van der Waals surface area contributed by atoms with Crippen LogP contribution in [0.15, 0.2) is 24.4 Å². The molecule has 0 unspecified atom stereocenters. The molecule has 3 aliphatic rings. The summed E-state index contributed by atoms with van der Waals surface area (Å²) >= 11 is 0. The fraction of sp³-hybridized carbons (Fsp3) is 0.652. The van der Waals surface area contributed by atoms with E-state index in [-0.39, 0.29) is 0 Å². The molecule has 2 aromatic rings. The van der Waals surface area contributed by atoms with Crippen molar-refractivity contribution in [2.75, 3.05) is 63.8 Å². The molecule has 5 rings (SSSR count). The van der Waals surface area contributed by atoms with Crippen LogP contribution in [-0.4, -0.2) is 84.1 Å². The molecule has 3 fully saturated rings. The molecule has 2 aromatic heterocycles. The number of amidine groups is 1. The van der Waals surface area contributed by atoms with E-state index in [2.05, 4.69) is 49.0 Å². The third-order valence-corrected chi connectivity index (χ3v) is 7.12. The molecular formula is C23H35N7. The van der Waals surface area contributed by atoms with Crippen LogP contribution >= 0.6 is 0 Å². The fourth-order valence-electron chi connectivity index (χ4n) is 5.19. The summed E-state index contributed by atoms with van der Waals surface area (Å²) in [7, 11) is 0. The number of likely N-dealkylation sites (tertiary alicyclic amines) is 1. The molecule has 2 N–H and O–H groups in total. The van der Waals surface area contributed by atoms with Crippen LogP contribution in [0.4, 0.5) is 5.82 Å². The van der Waals surface area contributed by atoms with Gasteiger partial charge in [0.05, 0.1) is 5.84 Å². The number of anilines is 1. The van der Waals surface area contributed by atoms with Crippen molar-refractivity contribution in [3.63, 3.8) is 0 Å². The first-order chi connectivity index (χ1) is 14.8. The summed E-state index contributed by atoms with van der Waals surface area (Å²) in [5.41, 5.74) is 1.11. The predicted octanol–water partition coefficient (Wildman–Crippen LogP) is 2.23. The predicted molar refractivity (Wildman–Crippen MR) is 123 cm³/mol. The Morgan fingerprint density at radius 3 is 2.50 bits per heavy atom. The van der Waals surface area contributed by atoms with Crippen molar-refractivity contribution < 1.29 is 0 Å². The Hall–Kier alpha value is -2.12. The van der Waals surface area contributed by atoms with E-state index in [0.717, 1.165) is 82.5 Å². The molecule has 0 amide bonds. The number of pyridine rings is 1. The summed E-state index contributed by atoms with van der Waals surface area (Å²) in [6, 6.07) is 6.57. The molecule has 0 saturated carbocycles. The minimum atomic E-state index is 0.436. The maximum atomic E-state index is 8.64. The van der Waals surface area contributed by atoms with Gasteiger partial charge in [-0.1, -0.05) is 0 Å². The van der Waals surface area contributed by atoms with Crippen molar-refractivity contribution in [3.8, 4) is 0 Å². The van der Waals surface area contributed by atoms with Crippen LogP contribution in [0.1, 0.15) is 25.7 Å². The minimum Gasteiger partial charge on any atom is -0.357 e. The Bertz CT molecular complexity index is 856. The number of nitrogens with one attached hydrogen (secondary N) is 2. The van der Waals surface area contributed by atoms with Crippen molar-refractivity contribution >= 4 is 22.7 Å². The summed E-state index contributed by atoms with van der Waals surface area (Å²) in [6.07, 6.45) is 7.08. The average Bonchev–Trinajstić information content (AvgIpc) is 3.47. The van der Waals surface area contributed by atoms with Crippen molar-refractivity contribution in [3.05, 3.63) is 24.4 Å². The topological polar surface area (TPSA) is 63.4 Å². The maximum Gasteiger partial charge on any atom is 0.142 e. The lowest BCUT2D eigenvalue weighted by Crippen LogP contribution is -2.51. The smallest absolute Gasteiger partial charge is 0.142 e. The maximum absolute atomic E-state index is 8.64. The second-order valence-corrected chi connectivity index (χ2v) is 9.02. The molecule has 0 spiro atoms. The molecule has 7 heteroatoms. The van der Waals surface area contributed by atoms with Crippen molar-refractivity contribution in [1.29, 1.82) is 5.41 Å². The van der Waals surface area contributed by atoms with Gasteiger partial charge in [-0.25, -0.2) is 4.98 Å². The third-order valence-electron chi connectivity index (χ3n) is 7.12. The van der Waals surface area contributed by atoms with E-state index in [1.54, 1.807) is 0 Å². The molecule has 3 saturated heterocycles. The first kappa shape index (κ1) is 19.8. The number of hydrogen-bond acceptors (Lipinski definition) is 5. The lowest BCUT2D eigenvalue weighted by molar-refractivity contribution is 0.324. The van der Waals surface area contributed by atoms with E-state index in [1.165, 1.54) is 31.3 Å². The number of rotatable bonds is 5. The third kappa shape index (κ3) is 4.18. The molecule has 162 valence electrons. The van der Waals surface area contributed by atoms with E-state index in [1.807, 2.05) is 0 Å². The van der Waals surface area contributed by atoms with E-state index in [0.29, 0.717) is 5.92 Å². The van der Waals surface area contributed by atoms with Gasteiger partial charge < -0.3 is 24.6 Å². The monoisotopic (exact) mass is 409 g/mol. The molecule has 7 nitrogen and oxygen atoms in total. The number of piperazine rings is 1. The van der Waals surface area contributed by atoms with Crippen molar-refractivity contribution in [2.45, 2.75) is 32.2 Å². The average molecular weight is 410 g/mol. The quantitative estimate of drug-likeness (QED) is 0.586. The van der Waals surface area contributed by atoms with Crippen LogP contribution in [-0.2, 0) is 6.54 Å². The Labute approximate surface area is 179 Å². The lowest BCUT2D eigenvalue weighted by Gasteiger charge is -2.39. The number of nitrogens with zero attached hydrogens (tertiary/aromatic N) is 5. The molecule has 0 aromatic carbocycles. The number of piperidine rings is 1. The van der Waals surface area contributed by atoms with Gasteiger partial charge in [0.25, 0.3) is 0 Å². The summed E-state index contributed by atoms with van der Waals surface area (Å²) in [4.78, 5) is 12.3. The highest BCUT2D eigenvalue weighted by molar-refractivity contribution is 5.82. The second-order valence-electron chi connectivity index (χ2n) is 9.02. The molecular weight excluding hydrogens is 374 g/mol. The van der Waals surface area contributed by atoms with Gasteiger partial charge in [0.1, 0.15) is 11.5 Å². The highest BCUT2D eigenvalue weighted by Gasteiger charge is 2.26.